The zero-order chi connectivity index (χ0) is 20.5. The van der Waals surface area contributed by atoms with E-state index in [1.54, 1.807) is 26.4 Å². The molecule has 1 fully saturated rings. The number of rotatable bonds is 6. The van der Waals surface area contributed by atoms with Crippen LogP contribution in [0.3, 0.4) is 0 Å². The standard InChI is InChI=1S/C20H20BrN3O5/c1-11(12-4-5-14(26-2)16(8-12)27-3)24-10-13(9-18(24)25)19-22-20(29-23-19)15-6-7-17(21)28-15/h4-8,11,13H,9-10H2,1-3H3. The normalized spacial score (nSPS) is 17.6. The van der Waals surface area contributed by atoms with E-state index in [4.69, 9.17) is 18.4 Å². The average molecular weight is 462 g/mol. The second kappa shape index (κ2) is 7.90. The van der Waals surface area contributed by atoms with Crippen LogP contribution in [0.15, 0.2) is 43.9 Å². The summed E-state index contributed by atoms with van der Waals surface area (Å²) in [6.07, 6.45) is 0.332. The lowest BCUT2D eigenvalue weighted by molar-refractivity contribution is -0.129. The highest BCUT2D eigenvalue weighted by Crippen LogP contribution is 2.36. The minimum atomic E-state index is -0.138. The molecule has 29 heavy (non-hydrogen) atoms. The molecule has 0 bridgehead atoms. The lowest BCUT2D eigenvalue weighted by Crippen LogP contribution is -2.28. The largest absolute Gasteiger partial charge is 0.493 e. The Morgan fingerprint density at radius 2 is 2.00 bits per heavy atom. The van der Waals surface area contributed by atoms with Crippen LogP contribution in [0.1, 0.15) is 36.7 Å². The van der Waals surface area contributed by atoms with E-state index in [-0.39, 0.29) is 17.9 Å². The fourth-order valence-corrected chi connectivity index (χ4v) is 3.81. The van der Waals surface area contributed by atoms with Gasteiger partial charge in [-0.05, 0) is 52.7 Å². The SMILES string of the molecule is COc1ccc(C(C)N2CC(c3noc(-c4ccc(Br)o4)n3)CC2=O)cc1OC. The van der Waals surface area contributed by atoms with Crippen molar-refractivity contribution >= 4 is 21.8 Å². The third-order valence-electron chi connectivity index (χ3n) is 5.11. The van der Waals surface area contributed by atoms with Gasteiger partial charge in [0.1, 0.15) is 0 Å². The fourth-order valence-electron chi connectivity index (χ4n) is 3.50. The summed E-state index contributed by atoms with van der Waals surface area (Å²) in [4.78, 5) is 18.9. The Morgan fingerprint density at radius 3 is 2.69 bits per heavy atom. The van der Waals surface area contributed by atoms with Gasteiger partial charge in [-0.15, -0.1) is 0 Å². The first kappa shape index (κ1) is 19.5. The molecule has 0 radical (unpaired) electrons. The quantitative estimate of drug-likeness (QED) is 0.543. The molecule has 1 aromatic carbocycles. The summed E-state index contributed by atoms with van der Waals surface area (Å²) in [5, 5.41) is 4.06. The van der Waals surface area contributed by atoms with Gasteiger partial charge in [0.25, 0.3) is 5.89 Å². The van der Waals surface area contributed by atoms with Gasteiger partial charge in [0.2, 0.25) is 5.91 Å². The summed E-state index contributed by atoms with van der Waals surface area (Å²) in [5.41, 5.74) is 0.964. The topological polar surface area (TPSA) is 90.8 Å². The Bertz CT molecular complexity index is 1030. The van der Waals surface area contributed by atoms with Crippen LogP contribution in [0.5, 0.6) is 11.5 Å². The number of ether oxygens (including phenoxy) is 2. The molecule has 2 atom stereocenters. The molecule has 1 saturated heterocycles. The summed E-state index contributed by atoms with van der Waals surface area (Å²) >= 11 is 3.25. The molecule has 1 aliphatic rings. The van der Waals surface area contributed by atoms with Crippen molar-refractivity contribution in [2.75, 3.05) is 20.8 Å². The Balaban J connectivity index is 1.51. The van der Waals surface area contributed by atoms with Gasteiger partial charge in [-0.2, -0.15) is 4.98 Å². The second-order valence-electron chi connectivity index (χ2n) is 6.80. The fraction of sp³-hybridized carbons (Fsp3) is 0.350. The number of hydrogen-bond donors (Lipinski definition) is 0. The van der Waals surface area contributed by atoms with E-state index in [1.165, 1.54) is 0 Å². The first-order valence-electron chi connectivity index (χ1n) is 9.11. The number of amides is 1. The monoisotopic (exact) mass is 461 g/mol. The Kier molecular flexibility index (Phi) is 5.31. The Hall–Kier alpha value is -2.81. The van der Waals surface area contributed by atoms with E-state index in [1.807, 2.05) is 30.0 Å². The summed E-state index contributed by atoms with van der Waals surface area (Å²) in [6.45, 7) is 2.50. The highest BCUT2D eigenvalue weighted by molar-refractivity contribution is 9.10. The molecule has 3 heterocycles. The number of carbonyl (C=O) groups excluding carboxylic acids is 1. The zero-order valence-corrected chi connectivity index (χ0v) is 17.8. The Labute approximate surface area is 175 Å². The van der Waals surface area contributed by atoms with E-state index in [2.05, 4.69) is 26.1 Å². The molecule has 9 heteroatoms. The van der Waals surface area contributed by atoms with Crippen molar-refractivity contribution < 1.29 is 23.2 Å². The van der Waals surface area contributed by atoms with Crippen molar-refractivity contribution in [3.63, 3.8) is 0 Å². The molecule has 1 amide bonds. The van der Waals surface area contributed by atoms with E-state index < -0.39 is 0 Å². The number of nitrogens with zero attached hydrogens (tertiary/aromatic N) is 3. The molecule has 4 rings (SSSR count). The van der Waals surface area contributed by atoms with Crippen molar-refractivity contribution in [2.45, 2.75) is 25.3 Å². The summed E-state index contributed by atoms with van der Waals surface area (Å²) in [5.74, 6) is 2.47. The van der Waals surface area contributed by atoms with Crippen molar-refractivity contribution in [3.8, 4) is 23.1 Å². The summed E-state index contributed by atoms with van der Waals surface area (Å²) in [6, 6.07) is 9.05. The lowest BCUT2D eigenvalue weighted by Gasteiger charge is -2.25. The molecule has 3 aromatic rings. The van der Waals surface area contributed by atoms with E-state index in [0.29, 0.717) is 46.6 Å². The maximum absolute atomic E-state index is 12.7. The first-order valence-corrected chi connectivity index (χ1v) is 9.90. The molecule has 1 aliphatic heterocycles. The molecular formula is C20H20BrN3O5. The maximum atomic E-state index is 12.7. The summed E-state index contributed by atoms with van der Waals surface area (Å²) < 4.78 is 22.0. The van der Waals surface area contributed by atoms with Gasteiger partial charge >= 0.3 is 0 Å². The molecular weight excluding hydrogens is 442 g/mol. The van der Waals surface area contributed by atoms with Gasteiger partial charge in [-0.1, -0.05) is 11.2 Å². The van der Waals surface area contributed by atoms with Crippen molar-refractivity contribution in [1.29, 1.82) is 0 Å². The van der Waals surface area contributed by atoms with Crippen LogP contribution in [0.4, 0.5) is 0 Å². The van der Waals surface area contributed by atoms with Crippen molar-refractivity contribution in [1.82, 2.24) is 15.0 Å². The van der Waals surface area contributed by atoms with Crippen LogP contribution in [0, 0.1) is 0 Å². The van der Waals surface area contributed by atoms with Gasteiger partial charge in [0, 0.05) is 18.9 Å². The lowest BCUT2D eigenvalue weighted by atomic mass is 10.1. The highest BCUT2D eigenvalue weighted by Gasteiger charge is 2.37. The zero-order valence-electron chi connectivity index (χ0n) is 16.2. The van der Waals surface area contributed by atoms with Crippen LogP contribution in [0.2, 0.25) is 0 Å². The predicted octanol–water partition coefficient (Wildman–Crippen LogP) is 4.19. The molecule has 0 spiro atoms. The number of likely N-dealkylation sites (tertiary alicyclic amines) is 1. The van der Waals surface area contributed by atoms with Gasteiger partial charge in [0.15, 0.2) is 27.8 Å². The summed E-state index contributed by atoms with van der Waals surface area (Å²) in [7, 11) is 3.19. The number of halogens is 1. The number of hydrogen-bond acceptors (Lipinski definition) is 7. The third kappa shape index (κ3) is 3.74. The van der Waals surface area contributed by atoms with Crippen LogP contribution in [0.25, 0.3) is 11.7 Å². The molecule has 0 saturated carbocycles. The smallest absolute Gasteiger partial charge is 0.293 e. The van der Waals surface area contributed by atoms with Crippen LogP contribution >= 0.6 is 15.9 Å². The van der Waals surface area contributed by atoms with Gasteiger partial charge in [-0.25, -0.2) is 0 Å². The first-order chi connectivity index (χ1) is 14.0. The van der Waals surface area contributed by atoms with Crippen LogP contribution < -0.4 is 9.47 Å². The molecule has 0 N–H and O–H groups in total. The predicted molar refractivity (Wildman–Crippen MR) is 107 cm³/mol. The van der Waals surface area contributed by atoms with Crippen LogP contribution in [-0.4, -0.2) is 41.7 Å². The number of methoxy groups -OCH3 is 2. The number of aromatic nitrogens is 2. The highest BCUT2D eigenvalue weighted by atomic mass is 79.9. The molecule has 152 valence electrons. The van der Waals surface area contributed by atoms with E-state index >= 15 is 0 Å². The van der Waals surface area contributed by atoms with Crippen molar-refractivity contribution in [2.24, 2.45) is 0 Å². The van der Waals surface area contributed by atoms with Gasteiger partial charge in [0.05, 0.1) is 20.3 Å². The maximum Gasteiger partial charge on any atom is 0.293 e. The van der Waals surface area contributed by atoms with Crippen molar-refractivity contribution in [3.05, 3.63) is 46.4 Å². The molecule has 8 nitrogen and oxygen atoms in total. The number of carbonyl (C=O) groups is 1. The molecule has 2 unspecified atom stereocenters. The molecule has 0 aliphatic carbocycles. The van der Waals surface area contributed by atoms with Gasteiger partial charge < -0.3 is 23.3 Å². The minimum absolute atomic E-state index is 0.0457. The van der Waals surface area contributed by atoms with Gasteiger partial charge in [-0.3, -0.25) is 4.79 Å². The molecule has 2 aromatic heterocycles. The van der Waals surface area contributed by atoms with E-state index in [0.717, 1.165) is 5.56 Å². The average Bonchev–Trinajstić information content (AvgIpc) is 3.46. The Morgan fingerprint density at radius 1 is 1.21 bits per heavy atom. The number of furan rings is 1. The second-order valence-corrected chi connectivity index (χ2v) is 7.58. The third-order valence-corrected chi connectivity index (χ3v) is 5.53. The van der Waals surface area contributed by atoms with Crippen LogP contribution in [-0.2, 0) is 4.79 Å². The number of benzene rings is 1. The van der Waals surface area contributed by atoms with E-state index in [9.17, 15) is 4.79 Å². The minimum Gasteiger partial charge on any atom is -0.493 e.